The van der Waals surface area contributed by atoms with Crippen LogP contribution in [0.5, 0.6) is 0 Å². The number of carboxylic acid groups (broad SMARTS) is 2. The van der Waals surface area contributed by atoms with E-state index in [0.29, 0.717) is 0 Å². The van der Waals surface area contributed by atoms with Gasteiger partial charge in [-0.05, 0) is 36.4 Å². The number of fused-ring (bicyclic) bond motifs is 2. The largest absolute Gasteiger partial charge is 0.478 e. The van der Waals surface area contributed by atoms with Crippen LogP contribution in [0.3, 0.4) is 0 Å². The third kappa shape index (κ3) is 3.76. The topological polar surface area (TPSA) is 133 Å². The molecule has 1 aliphatic rings. The van der Waals surface area contributed by atoms with Crippen molar-refractivity contribution >= 4 is 46.3 Å². The zero-order chi connectivity index (χ0) is 25.4. The number of ketones is 2. The quantitative estimate of drug-likeness (QED) is 0.257. The number of carbonyl (C=O) groups is 4. The molecule has 0 heterocycles. The number of aromatic carboxylic acids is 2. The van der Waals surface area contributed by atoms with Gasteiger partial charge in [0, 0.05) is 11.1 Å². The summed E-state index contributed by atoms with van der Waals surface area (Å²) in [6, 6.07) is 22.0. The Bertz CT molecular complexity index is 1480. The van der Waals surface area contributed by atoms with Gasteiger partial charge in [0.25, 0.3) is 0 Å². The summed E-state index contributed by atoms with van der Waals surface area (Å²) in [6.07, 6.45) is 0. The lowest BCUT2D eigenvalue weighted by Crippen LogP contribution is -2.23. The zero-order valence-electron chi connectivity index (χ0n) is 18.6. The molecule has 4 N–H and O–H groups in total. The average Bonchev–Trinajstić information content (AvgIpc) is 2.87. The number of nitrogens with one attached hydrogen (secondary N) is 2. The van der Waals surface area contributed by atoms with Gasteiger partial charge in [-0.3, -0.25) is 9.59 Å². The van der Waals surface area contributed by atoms with Crippen molar-refractivity contribution in [2.24, 2.45) is 0 Å². The molecule has 0 spiro atoms. The molecule has 5 rings (SSSR count). The van der Waals surface area contributed by atoms with Gasteiger partial charge >= 0.3 is 11.9 Å². The molecule has 0 unspecified atom stereocenters. The predicted molar refractivity (Wildman–Crippen MR) is 133 cm³/mol. The maximum Gasteiger partial charge on any atom is 0.337 e. The van der Waals surface area contributed by atoms with Crippen molar-refractivity contribution in [3.05, 3.63) is 118 Å². The van der Waals surface area contributed by atoms with Gasteiger partial charge in [0.1, 0.15) is 0 Å². The first-order valence-corrected chi connectivity index (χ1v) is 10.9. The Morgan fingerprint density at radius 3 is 1.31 bits per heavy atom. The van der Waals surface area contributed by atoms with E-state index in [1.54, 1.807) is 72.8 Å². The highest BCUT2D eigenvalue weighted by molar-refractivity contribution is 6.32. The summed E-state index contributed by atoms with van der Waals surface area (Å²) in [4.78, 5) is 50.6. The Morgan fingerprint density at radius 2 is 0.889 bits per heavy atom. The molecule has 0 atom stereocenters. The van der Waals surface area contributed by atoms with E-state index in [1.807, 2.05) is 0 Å². The second-order valence-corrected chi connectivity index (χ2v) is 8.07. The van der Waals surface area contributed by atoms with Gasteiger partial charge < -0.3 is 20.8 Å². The molecule has 0 saturated heterocycles. The van der Waals surface area contributed by atoms with E-state index >= 15 is 0 Å². The molecule has 4 aromatic carbocycles. The average molecular weight is 478 g/mol. The van der Waals surface area contributed by atoms with Crippen molar-refractivity contribution in [2.75, 3.05) is 10.6 Å². The number of rotatable bonds is 6. The first kappa shape index (κ1) is 22.5. The normalized spacial score (nSPS) is 11.9. The van der Waals surface area contributed by atoms with E-state index < -0.39 is 17.7 Å². The number of benzene rings is 4. The lowest BCUT2D eigenvalue weighted by molar-refractivity contribution is 0.0687. The Kier molecular flexibility index (Phi) is 5.54. The molecule has 0 saturated carbocycles. The fraction of sp³-hybridized carbons (Fsp3) is 0. The zero-order valence-corrected chi connectivity index (χ0v) is 18.6. The van der Waals surface area contributed by atoms with E-state index in [-0.39, 0.29) is 61.9 Å². The van der Waals surface area contributed by atoms with Crippen LogP contribution < -0.4 is 10.6 Å². The molecule has 0 fully saturated rings. The number of anilines is 4. The molecule has 1 aliphatic carbocycles. The van der Waals surface area contributed by atoms with Crippen LogP contribution in [0.25, 0.3) is 0 Å². The summed E-state index contributed by atoms with van der Waals surface area (Å²) in [6.45, 7) is 0. The highest BCUT2D eigenvalue weighted by Gasteiger charge is 2.34. The van der Waals surface area contributed by atoms with Gasteiger partial charge in [0.2, 0.25) is 0 Å². The minimum absolute atomic E-state index is 0.0118. The molecule has 8 heteroatoms. The van der Waals surface area contributed by atoms with Crippen LogP contribution in [0.4, 0.5) is 22.7 Å². The SMILES string of the molecule is O=C(O)c1ccccc1Nc1cccc2c1C(=O)c1c(Nc3ccccc3C(=O)O)cccc1C2=O. The van der Waals surface area contributed by atoms with Crippen LogP contribution in [0.2, 0.25) is 0 Å². The van der Waals surface area contributed by atoms with Crippen LogP contribution >= 0.6 is 0 Å². The molecular weight excluding hydrogens is 460 g/mol. The summed E-state index contributed by atoms with van der Waals surface area (Å²) in [5, 5.41) is 25.1. The van der Waals surface area contributed by atoms with Gasteiger partial charge in [-0.15, -0.1) is 0 Å². The fourth-order valence-electron chi connectivity index (χ4n) is 4.30. The fourth-order valence-corrected chi connectivity index (χ4v) is 4.30. The minimum atomic E-state index is -1.14. The second-order valence-electron chi connectivity index (χ2n) is 8.07. The van der Waals surface area contributed by atoms with Crippen LogP contribution in [-0.4, -0.2) is 33.7 Å². The Hall–Kier alpha value is -5.24. The van der Waals surface area contributed by atoms with Crippen molar-refractivity contribution in [1.82, 2.24) is 0 Å². The maximum absolute atomic E-state index is 13.8. The van der Waals surface area contributed by atoms with Crippen molar-refractivity contribution < 1.29 is 29.4 Å². The standard InChI is InChI=1S/C28H18N2O6/c31-25-17-9-5-13-21(29-19-11-3-1-7-15(19)27(33)34)23(17)26(32)24-18(25)10-6-14-22(24)30-20-12-4-2-8-16(20)28(35)36/h1-14,29-30H,(H,33,34)(H,35,36). The number of para-hydroxylation sites is 2. The van der Waals surface area contributed by atoms with Gasteiger partial charge in [-0.25, -0.2) is 9.59 Å². The van der Waals surface area contributed by atoms with E-state index in [1.165, 1.54) is 12.1 Å². The van der Waals surface area contributed by atoms with Crippen LogP contribution in [0.15, 0.2) is 84.9 Å². The number of hydrogen-bond acceptors (Lipinski definition) is 6. The molecular formula is C28H18N2O6. The lowest BCUT2D eigenvalue weighted by Gasteiger charge is -2.23. The van der Waals surface area contributed by atoms with Crippen molar-refractivity contribution in [3.63, 3.8) is 0 Å². The van der Waals surface area contributed by atoms with Gasteiger partial charge in [0.05, 0.1) is 45.0 Å². The van der Waals surface area contributed by atoms with E-state index in [2.05, 4.69) is 10.6 Å². The van der Waals surface area contributed by atoms with Crippen LogP contribution in [0, 0.1) is 0 Å². The molecule has 4 aromatic rings. The first-order valence-electron chi connectivity index (χ1n) is 10.9. The lowest BCUT2D eigenvalue weighted by atomic mass is 9.82. The molecule has 0 amide bonds. The van der Waals surface area contributed by atoms with Gasteiger partial charge in [0.15, 0.2) is 11.6 Å². The third-order valence-electron chi connectivity index (χ3n) is 5.93. The Balaban J connectivity index is 1.62. The summed E-state index contributed by atoms with van der Waals surface area (Å²) < 4.78 is 0. The van der Waals surface area contributed by atoms with E-state index in [0.717, 1.165) is 0 Å². The summed E-state index contributed by atoms with van der Waals surface area (Å²) in [5.74, 6) is -3.10. The summed E-state index contributed by atoms with van der Waals surface area (Å²) in [7, 11) is 0. The first-order chi connectivity index (χ1) is 17.4. The Labute approximate surface area is 204 Å². The van der Waals surface area contributed by atoms with Crippen LogP contribution in [-0.2, 0) is 0 Å². The maximum atomic E-state index is 13.8. The second kappa shape index (κ2) is 8.84. The monoisotopic (exact) mass is 478 g/mol. The van der Waals surface area contributed by atoms with Crippen molar-refractivity contribution in [3.8, 4) is 0 Å². The molecule has 0 aromatic heterocycles. The number of hydrogen-bond donors (Lipinski definition) is 4. The molecule has 0 bridgehead atoms. The Morgan fingerprint density at radius 1 is 0.500 bits per heavy atom. The van der Waals surface area contributed by atoms with Crippen molar-refractivity contribution in [2.45, 2.75) is 0 Å². The van der Waals surface area contributed by atoms with E-state index in [9.17, 15) is 29.4 Å². The molecule has 36 heavy (non-hydrogen) atoms. The summed E-state index contributed by atoms with van der Waals surface area (Å²) in [5.41, 5.74) is 1.72. The third-order valence-corrected chi connectivity index (χ3v) is 5.93. The highest BCUT2D eigenvalue weighted by Crippen LogP contribution is 2.38. The number of carboxylic acids is 2. The van der Waals surface area contributed by atoms with Gasteiger partial charge in [-0.2, -0.15) is 0 Å². The van der Waals surface area contributed by atoms with Gasteiger partial charge in [-0.1, -0.05) is 48.5 Å². The molecule has 0 radical (unpaired) electrons. The molecule has 0 aliphatic heterocycles. The highest BCUT2D eigenvalue weighted by atomic mass is 16.4. The number of carbonyl (C=O) groups excluding carboxylic acids is 2. The summed E-state index contributed by atoms with van der Waals surface area (Å²) >= 11 is 0. The van der Waals surface area contributed by atoms with Crippen molar-refractivity contribution in [1.29, 1.82) is 0 Å². The molecule has 176 valence electrons. The van der Waals surface area contributed by atoms with E-state index in [4.69, 9.17) is 0 Å². The smallest absolute Gasteiger partial charge is 0.337 e. The van der Waals surface area contributed by atoms with Crippen LogP contribution in [0.1, 0.15) is 52.6 Å². The minimum Gasteiger partial charge on any atom is -0.478 e. The predicted octanol–water partition coefficient (Wildman–Crippen LogP) is 5.35. The molecule has 8 nitrogen and oxygen atoms in total.